The van der Waals surface area contributed by atoms with Crippen molar-refractivity contribution in [2.24, 2.45) is 0 Å². The van der Waals surface area contributed by atoms with Crippen molar-refractivity contribution in [1.82, 2.24) is 5.48 Å². The SMILES string of the molecule is O=C(CCCCCCC(=O)Nc1ccc(CC(=O)OCCCCCCCCCC(F)CF)cc1)NO. The highest BCUT2D eigenvalue weighted by molar-refractivity contribution is 5.90. The van der Waals surface area contributed by atoms with Gasteiger partial charge in [-0.2, -0.15) is 0 Å². The summed E-state index contributed by atoms with van der Waals surface area (Å²) in [6.45, 7) is -0.496. The Labute approximate surface area is 213 Å². The summed E-state index contributed by atoms with van der Waals surface area (Å²) in [5.74, 6) is -0.761. The lowest BCUT2D eigenvalue weighted by Crippen LogP contribution is -2.17. The van der Waals surface area contributed by atoms with E-state index in [2.05, 4.69) is 5.32 Å². The highest BCUT2D eigenvalue weighted by Gasteiger charge is 2.07. The normalized spacial score (nSPS) is 11.6. The molecular weight excluding hydrogens is 470 g/mol. The number of amides is 2. The van der Waals surface area contributed by atoms with Gasteiger partial charge < -0.3 is 10.1 Å². The zero-order chi connectivity index (χ0) is 26.4. The largest absolute Gasteiger partial charge is 0.465 e. The van der Waals surface area contributed by atoms with E-state index in [1.54, 1.807) is 29.7 Å². The van der Waals surface area contributed by atoms with Crippen molar-refractivity contribution < 1.29 is 33.1 Å². The van der Waals surface area contributed by atoms with Crippen LogP contribution in [0.15, 0.2) is 24.3 Å². The van der Waals surface area contributed by atoms with Crippen molar-refractivity contribution in [3.8, 4) is 0 Å². The number of halogens is 2. The quantitative estimate of drug-likeness (QED) is 0.0813. The number of alkyl halides is 2. The van der Waals surface area contributed by atoms with Crippen molar-refractivity contribution in [2.45, 2.75) is 102 Å². The van der Waals surface area contributed by atoms with Crippen LogP contribution in [-0.4, -0.2) is 42.4 Å². The predicted molar refractivity (Wildman–Crippen MR) is 135 cm³/mol. The van der Waals surface area contributed by atoms with Gasteiger partial charge in [-0.1, -0.05) is 63.5 Å². The van der Waals surface area contributed by atoms with E-state index in [4.69, 9.17) is 9.94 Å². The van der Waals surface area contributed by atoms with Crippen LogP contribution in [0.2, 0.25) is 0 Å². The Balaban J connectivity index is 2.06. The topological polar surface area (TPSA) is 105 Å². The number of hydroxylamine groups is 1. The minimum Gasteiger partial charge on any atom is -0.465 e. The smallest absolute Gasteiger partial charge is 0.310 e. The number of anilines is 1. The van der Waals surface area contributed by atoms with Gasteiger partial charge in [-0.25, -0.2) is 14.3 Å². The molecule has 1 aromatic rings. The molecule has 1 unspecified atom stereocenters. The number of unbranched alkanes of at least 4 members (excludes halogenated alkanes) is 9. The van der Waals surface area contributed by atoms with Crippen molar-refractivity contribution in [3.05, 3.63) is 29.8 Å². The molecule has 0 radical (unpaired) electrons. The number of esters is 1. The molecule has 1 rings (SSSR count). The summed E-state index contributed by atoms with van der Waals surface area (Å²) in [6, 6.07) is 7.11. The first-order valence-corrected chi connectivity index (χ1v) is 13.1. The standard InChI is InChI=1S/C27H42F2N2O5/c28-21-23(29)12-8-4-2-1-3-7-11-19-36-27(34)20-22-15-17-24(18-16-22)30-25(32)13-9-5-6-10-14-26(33)31-35/h15-18,23,35H,1-14,19-21H2,(H,30,32)(H,31,33). The zero-order valence-corrected chi connectivity index (χ0v) is 21.2. The van der Waals surface area contributed by atoms with E-state index < -0.39 is 18.8 Å². The first-order valence-electron chi connectivity index (χ1n) is 13.1. The summed E-state index contributed by atoms with van der Waals surface area (Å²) in [5.41, 5.74) is 3.08. The Hall–Kier alpha value is -2.55. The number of hydrogen-bond donors (Lipinski definition) is 3. The average Bonchev–Trinajstić information content (AvgIpc) is 2.87. The maximum Gasteiger partial charge on any atom is 0.310 e. The van der Waals surface area contributed by atoms with Crippen molar-refractivity contribution >= 4 is 23.5 Å². The second-order valence-corrected chi connectivity index (χ2v) is 9.11. The van der Waals surface area contributed by atoms with E-state index in [9.17, 15) is 23.2 Å². The zero-order valence-electron chi connectivity index (χ0n) is 21.2. The highest BCUT2D eigenvalue weighted by atomic mass is 19.2. The minimum atomic E-state index is -1.31. The second-order valence-electron chi connectivity index (χ2n) is 9.11. The maximum absolute atomic E-state index is 12.8. The second kappa shape index (κ2) is 20.6. The van der Waals surface area contributed by atoms with Crippen molar-refractivity contribution in [2.75, 3.05) is 18.6 Å². The third kappa shape index (κ3) is 17.0. The molecule has 0 bridgehead atoms. The Morgan fingerprint density at radius 1 is 0.806 bits per heavy atom. The fraction of sp³-hybridized carbons (Fsp3) is 0.667. The monoisotopic (exact) mass is 512 g/mol. The molecule has 7 nitrogen and oxygen atoms in total. The number of carbonyl (C=O) groups is 3. The van der Waals surface area contributed by atoms with Gasteiger partial charge in [-0.05, 0) is 43.4 Å². The van der Waals surface area contributed by atoms with Gasteiger partial charge >= 0.3 is 5.97 Å². The Morgan fingerprint density at radius 3 is 1.97 bits per heavy atom. The minimum absolute atomic E-state index is 0.0829. The van der Waals surface area contributed by atoms with E-state index in [1.807, 2.05) is 0 Å². The van der Waals surface area contributed by atoms with Crippen molar-refractivity contribution in [3.63, 3.8) is 0 Å². The summed E-state index contributed by atoms with van der Waals surface area (Å²) in [6.07, 6.45) is 9.42. The lowest BCUT2D eigenvalue weighted by Gasteiger charge is -2.08. The highest BCUT2D eigenvalue weighted by Crippen LogP contribution is 2.14. The molecule has 0 aliphatic rings. The third-order valence-electron chi connectivity index (χ3n) is 5.86. The molecule has 3 N–H and O–H groups in total. The number of hydrogen-bond acceptors (Lipinski definition) is 5. The molecule has 0 spiro atoms. The van der Waals surface area contributed by atoms with Crippen LogP contribution in [0.3, 0.4) is 0 Å². The van der Waals surface area contributed by atoms with E-state index in [0.717, 1.165) is 69.8 Å². The summed E-state index contributed by atoms with van der Waals surface area (Å²) in [4.78, 5) is 35.0. The van der Waals surface area contributed by atoms with Crippen LogP contribution in [-0.2, 0) is 25.5 Å². The maximum atomic E-state index is 12.8. The Kier molecular flexibility index (Phi) is 18.0. The first kappa shape index (κ1) is 31.5. The molecule has 0 aliphatic carbocycles. The van der Waals surface area contributed by atoms with Crippen molar-refractivity contribution in [1.29, 1.82) is 0 Å². The summed E-state index contributed by atoms with van der Waals surface area (Å²) >= 11 is 0. The molecule has 1 aromatic carbocycles. The summed E-state index contributed by atoms with van der Waals surface area (Å²) in [5, 5.41) is 11.3. The van der Waals surface area contributed by atoms with E-state index in [0.29, 0.717) is 31.6 Å². The first-order chi connectivity index (χ1) is 17.4. The molecule has 9 heteroatoms. The van der Waals surface area contributed by atoms with Crippen LogP contribution in [0, 0.1) is 0 Å². The molecular formula is C27H42F2N2O5. The van der Waals surface area contributed by atoms with E-state index in [1.165, 1.54) is 0 Å². The van der Waals surface area contributed by atoms with Gasteiger partial charge in [0.1, 0.15) is 12.8 Å². The number of ether oxygens (including phenoxy) is 1. The average molecular weight is 513 g/mol. The van der Waals surface area contributed by atoms with Gasteiger partial charge in [-0.15, -0.1) is 0 Å². The molecule has 0 aliphatic heterocycles. The van der Waals surface area contributed by atoms with Crippen LogP contribution >= 0.6 is 0 Å². The molecule has 2 amide bonds. The summed E-state index contributed by atoms with van der Waals surface area (Å²) in [7, 11) is 0. The van der Waals surface area contributed by atoms with Gasteiger partial charge in [0.2, 0.25) is 11.8 Å². The molecule has 0 aromatic heterocycles. The number of nitrogens with one attached hydrogen (secondary N) is 2. The Morgan fingerprint density at radius 2 is 1.36 bits per heavy atom. The Bertz CT molecular complexity index is 746. The van der Waals surface area contributed by atoms with Gasteiger partial charge in [0, 0.05) is 18.5 Å². The van der Waals surface area contributed by atoms with Gasteiger partial charge in [0.25, 0.3) is 0 Å². The number of benzene rings is 1. The predicted octanol–water partition coefficient (Wildman–Crippen LogP) is 5.99. The van der Waals surface area contributed by atoms with Crippen LogP contribution < -0.4 is 10.8 Å². The van der Waals surface area contributed by atoms with Gasteiger partial charge in [0.15, 0.2) is 0 Å². The molecule has 0 saturated carbocycles. The van der Waals surface area contributed by atoms with Crippen LogP contribution in [0.25, 0.3) is 0 Å². The molecule has 204 valence electrons. The lowest BCUT2D eigenvalue weighted by molar-refractivity contribution is -0.143. The molecule has 0 heterocycles. The lowest BCUT2D eigenvalue weighted by atomic mass is 10.1. The van der Waals surface area contributed by atoms with Crippen LogP contribution in [0.4, 0.5) is 14.5 Å². The number of rotatable bonds is 21. The van der Waals surface area contributed by atoms with E-state index in [-0.39, 0.29) is 24.7 Å². The molecule has 0 fully saturated rings. The molecule has 36 heavy (non-hydrogen) atoms. The van der Waals surface area contributed by atoms with E-state index >= 15 is 0 Å². The van der Waals surface area contributed by atoms with Crippen LogP contribution in [0.5, 0.6) is 0 Å². The van der Waals surface area contributed by atoms with Gasteiger partial charge in [0.05, 0.1) is 13.0 Å². The third-order valence-corrected chi connectivity index (χ3v) is 5.86. The molecule has 1 atom stereocenters. The summed E-state index contributed by atoms with van der Waals surface area (Å²) < 4.78 is 30.1. The number of carbonyl (C=O) groups excluding carboxylic acids is 3. The molecule has 0 saturated heterocycles. The fourth-order valence-electron chi connectivity index (χ4n) is 3.74. The fourth-order valence-corrected chi connectivity index (χ4v) is 3.74. The van der Waals surface area contributed by atoms with Gasteiger partial charge in [-0.3, -0.25) is 19.6 Å². The van der Waals surface area contributed by atoms with Crippen LogP contribution in [0.1, 0.15) is 95.5 Å².